The summed E-state index contributed by atoms with van der Waals surface area (Å²) in [4.78, 5) is 11.4. The lowest BCUT2D eigenvalue weighted by Gasteiger charge is -2.19. The van der Waals surface area contributed by atoms with Crippen LogP contribution in [-0.2, 0) is 9.53 Å². The fourth-order valence-corrected chi connectivity index (χ4v) is 1.49. The van der Waals surface area contributed by atoms with E-state index in [-0.39, 0.29) is 22.9 Å². The van der Waals surface area contributed by atoms with Crippen molar-refractivity contribution in [2.45, 2.75) is 32.8 Å². The first-order valence-electron chi connectivity index (χ1n) is 5.61. The Bertz CT molecular complexity index is 456. The van der Waals surface area contributed by atoms with E-state index >= 15 is 0 Å². The third kappa shape index (κ3) is 5.42. The highest BCUT2D eigenvalue weighted by Crippen LogP contribution is 2.30. The van der Waals surface area contributed by atoms with E-state index in [9.17, 15) is 13.6 Å². The molecule has 0 radical (unpaired) electrons. The summed E-state index contributed by atoms with van der Waals surface area (Å²) >= 11 is 5.61. The number of benzene rings is 1. The Kier molecular flexibility index (Phi) is 5.11. The monoisotopic (exact) mass is 292 g/mol. The van der Waals surface area contributed by atoms with Crippen LogP contribution in [0, 0.1) is 0 Å². The van der Waals surface area contributed by atoms with E-state index < -0.39 is 18.0 Å². The molecule has 1 aromatic carbocycles. The molecular weight excluding hydrogens is 278 g/mol. The van der Waals surface area contributed by atoms with E-state index in [0.29, 0.717) is 0 Å². The van der Waals surface area contributed by atoms with Crippen molar-refractivity contribution >= 4 is 17.6 Å². The van der Waals surface area contributed by atoms with Crippen LogP contribution in [-0.4, -0.2) is 18.2 Å². The molecule has 0 bridgehead atoms. The highest BCUT2D eigenvalue weighted by Gasteiger charge is 2.17. The van der Waals surface area contributed by atoms with Gasteiger partial charge in [0.1, 0.15) is 11.4 Å². The van der Waals surface area contributed by atoms with E-state index in [1.165, 1.54) is 12.1 Å². The van der Waals surface area contributed by atoms with Crippen molar-refractivity contribution in [3.8, 4) is 5.75 Å². The number of alkyl halides is 2. The Hall–Kier alpha value is -1.36. The van der Waals surface area contributed by atoms with Crippen molar-refractivity contribution < 1.29 is 23.0 Å². The number of hydrogen-bond acceptors (Lipinski definition) is 3. The number of halogens is 3. The number of hydrogen-bond donors (Lipinski definition) is 0. The van der Waals surface area contributed by atoms with Gasteiger partial charge < -0.3 is 9.47 Å². The fourth-order valence-electron chi connectivity index (χ4n) is 1.29. The number of ether oxygens (including phenoxy) is 2. The molecule has 19 heavy (non-hydrogen) atoms. The van der Waals surface area contributed by atoms with Crippen LogP contribution in [0.5, 0.6) is 5.75 Å². The Morgan fingerprint density at radius 1 is 1.37 bits per heavy atom. The first-order valence-corrected chi connectivity index (χ1v) is 5.99. The maximum absolute atomic E-state index is 12.6. The zero-order valence-corrected chi connectivity index (χ0v) is 11.6. The smallest absolute Gasteiger partial charge is 0.344 e. The largest absolute Gasteiger partial charge is 0.482 e. The SMILES string of the molecule is CC(C)(C)OC(=O)COc1ccc(Cl)c(C(F)F)c1. The number of rotatable bonds is 4. The lowest BCUT2D eigenvalue weighted by molar-refractivity contribution is -0.157. The molecule has 0 saturated heterocycles. The van der Waals surface area contributed by atoms with E-state index in [1.54, 1.807) is 20.8 Å². The van der Waals surface area contributed by atoms with Gasteiger partial charge in [-0.05, 0) is 39.0 Å². The topological polar surface area (TPSA) is 35.5 Å². The number of esters is 1. The van der Waals surface area contributed by atoms with Crippen LogP contribution in [0.4, 0.5) is 8.78 Å². The highest BCUT2D eigenvalue weighted by atomic mass is 35.5. The van der Waals surface area contributed by atoms with Crippen LogP contribution in [0.2, 0.25) is 5.02 Å². The standard InChI is InChI=1S/C13H15ClF2O3/c1-13(2,3)19-11(17)7-18-8-4-5-10(14)9(6-8)12(15)16/h4-6,12H,7H2,1-3H3. The van der Waals surface area contributed by atoms with Crippen LogP contribution < -0.4 is 4.74 Å². The summed E-state index contributed by atoms with van der Waals surface area (Å²) in [7, 11) is 0. The lowest BCUT2D eigenvalue weighted by Crippen LogP contribution is -2.27. The minimum Gasteiger partial charge on any atom is -0.482 e. The van der Waals surface area contributed by atoms with Gasteiger partial charge in [-0.25, -0.2) is 13.6 Å². The molecule has 0 aliphatic carbocycles. The first-order chi connectivity index (χ1) is 8.69. The normalized spacial score (nSPS) is 11.5. The van der Waals surface area contributed by atoms with Crippen molar-refractivity contribution in [1.82, 2.24) is 0 Å². The minimum atomic E-state index is -2.70. The Morgan fingerprint density at radius 2 is 2.00 bits per heavy atom. The molecule has 0 saturated carbocycles. The van der Waals surface area contributed by atoms with Gasteiger partial charge in [-0.2, -0.15) is 0 Å². The van der Waals surface area contributed by atoms with Crippen LogP contribution in [0.3, 0.4) is 0 Å². The predicted molar refractivity (Wildman–Crippen MR) is 67.7 cm³/mol. The molecule has 1 aromatic rings. The van der Waals surface area contributed by atoms with Gasteiger partial charge in [0.15, 0.2) is 6.61 Å². The molecule has 0 atom stereocenters. The average molecular weight is 293 g/mol. The summed E-state index contributed by atoms with van der Waals surface area (Å²) in [5, 5.41) is -0.0420. The first kappa shape index (κ1) is 15.7. The predicted octanol–water partition coefficient (Wildman–Crippen LogP) is 4.00. The van der Waals surface area contributed by atoms with Gasteiger partial charge in [0, 0.05) is 10.6 Å². The average Bonchev–Trinajstić information content (AvgIpc) is 2.25. The molecule has 0 aromatic heterocycles. The second-order valence-electron chi connectivity index (χ2n) is 4.86. The van der Waals surface area contributed by atoms with Crippen molar-refractivity contribution in [1.29, 1.82) is 0 Å². The summed E-state index contributed by atoms with van der Waals surface area (Å²) in [6.45, 7) is 4.83. The lowest BCUT2D eigenvalue weighted by atomic mass is 10.2. The highest BCUT2D eigenvalue weighted by molar-refractivity contribution is 6.31. The van der Waals surface area contributed by atoms with Gasteiger partial charge in [0.2, 0.25) is 0 Å². The van der Waals surface area contributed by atoms with Gasteiger partial charge in [-0.15, -0.1) is 0 Å². The summed E-state index contributed by atoms with van der Waals surface area (Å²) < 4.78 is 35.3. The zero-order chi connectivity index (χ0) is 14.6. The molecular formula is C13H15ClF2O3. The summed E-state index contributed by atoms with van der Waals surface area (Å²) in [5.74, 6) is -0.424. The van der Waals surface area contributed by atoms with Gasteiger partial charge in [0.05, 0.1) is 0 Å². The van der Waals surface area contributed by atoms with E-state index in [4.69, 9.17) is 21.1 Å². The maximum atomic E-state index is 12.6. The second-order valence-corrected chi connectivity index (χ2v) is 5.27. The molecule has 0 amide bonds. The van der Waals surface area contributed by atoms with Crippen molar-refractivity contribution in [2.75, 3.05) is 6.61 Å². The van der Waals surface area contributed by atoms with Crippen molar-refractivity contribution in [3.05, 3.63) is 28.8 Å². The molecule has 0 aliphatic rings. The molecule has 6 heteroatoms. The summed E-state index contributed by atoms with van der Waals surface area (Å²) in [5.41, 5.74) is -0.947. The van der Waals surface area contributed by atoms with E-state index in [1.807, 2.05) is 0 Å². The van der Waals surface area contributed by atoms with E-state index in [0.717, 1.165) is 6.07 Å². The molecule has 0 spiro atoms. The van der Waals surface area contributed by atoms with Gasteiger partial charge in [0.25, 0.3) is 6.43 Å². The van der Waals surface area contributed by atoms with Crippen LogP contribution in [0.15, 0.2) is 18.2 Å². The molecule has 0 aliphatic heterocycles. The third-order valence-electron chi connectivity index (χ3n) is 1.98. The molecule has 0 fully saturated rings. The second kappa shape index (κ2) is 6.19. The molecule has 1 rings (SSSR count). The maximum Gasteiger partial charge on any atom is 0.344 e. The third-order valence-corrected chi connectivity index (χ3v) is 2.32. The number of carbonyl (C=O) groups excluding carboxylic acids is 1. The zero-order valence-electron chi connectivity index (χ0n) is 10.9. The van der Waals surface area contributed by atoms with E-state index in [2.05, 4.69) is 0 Å². The summed E-state index contributed by atoms with van der Waals surface area (Å²) in [6.07, 6.45) is -2.70. The minimum absolute atomic E-state index is 0.0420. The van der Waals surface area contributed by atoms with Crippen molar-refractivity contribution in [3.63, 3.8) is 0 Å². The summed E-state index contributed by atoms with van der Waals surface area (Å²) in [6, 6.07) is 3.82. The number of carbonyl (C=O) groups is 1. The van der Waals surface area contributed by atoms with Gasteiger partial charge in [-0.3, -0.25) is 0 Å². The molecule has 0 unspecified atom stereocenters. The van der Waals surface area contributed by atoms with Crippen molar-refractivity contribution in [2.24, 2.45) is 0 Å². The van der Waals surface area contributed by atoms with Crippen LogP contribution in [0.1, 0.15) is 32.8 Å². The Balaban J connectivity index is 2.64. The van der Waals surface area contributed by atoms with Crippen LogP contribution >= 0.6 is 11.6 Å². The molecule has 0 N–H and O–H groups in total. The molecule has 106 valence electrons. The van der Waals surface area contributed by atoms with Crippen LogP contribution in [0.25, 0.3) is 0 Å². The Morgan fingerprint density at radius 3 is 2.53 bits per heavy atom. The fraction of sp³-hybridized carbons (Fsp3) is 0.462. The Labute approximate surface area is 115 Å². The molecule has 0 heterocycles. The van der Waals surface area contributed by atoms with Gasteiger partial charge >= 0.3 is 5.97 Å². The quantitative estimate of drug-likeness (QED) is 0.787. The molecule has 3 nitrogen and oxygen atoms in total. The van der Waals surface area contributed by atoms with Gasteiger partial charge in [-0.1, -0.05) is 11.6 Å².